The van der Waals surface area contributed by atoms with E-state index in [0.29, 0.717) is 26.3 Å². The molecular formula is C24H18N6S2. The standard InChI is InChI=1S/C24H18N6S2/c25-20-19-21(27-23(26)28(20)16-10-4-1-5-11-16)29(17-12-6-2-7-13-17)24(32)30(22(19)31)18-14-8-3-9-15-18/h1-15,26H,25H2. The van der Waals surface area contributed by atoms with Crippen LogP contribution in [-0.4, -0.2) is 18.7 Å². The zero-order valence-electron chi connectivity index (χ0n) is 16.8. The Kier molecular flexibility index (Phi) is 5.01. The maximum absolute atomic E-state index is 8.63. The van der Waals surface area contributed by atoms with E-state index in [4.69, 9.17) is 35.6 Å². The van der Waals surface area contributed by atoms with Crippen LogP contribution in [0.1, 0.15) is 0 Å². The highest BCUT2D eigenvalue weighted by Crippen LogP contribution is 2.27. The Morgan fingerprint density at radius 2 is 1.09 bits per heavy atom. The third kappa shape index (κ3) is 3.17. The van der Waals surface area contributed by atoms with E-state index in [1.165, 1.54) is 0 Å². The first-order valence-electron chi connectivity index (χ1n) is 9.89. The van der Waals surface area contributed by atoms with E-state index in [2.05, 4.69) is 4.98 Å². The normalized spacial score (nSPS) is 11.0. The predicted octanol–water partition coefficient (Wildman–Crippen LogP) is 5.13. The van der Waals surface area contributed by atoms with Gasteiger partial charge in [0.2, 0.25) is 5.62 Å². The van der Waals surface area contributed by atoms with E-state index in [1.54, 1.807) is 4.57 Å². The number of nitrogens with two attached hydrogens (primary N) is 1. The van der Waals surface area contributed by atoms with E-state index in [-0.39, 0.29) is 5.62 Å². The Morgan fingerprint density at radius 3 is 1.59 bits per heavy atom. The van der Waals surface area contributed by atoms with Gasteiger partial charge in [0.05, 0.1) is 11.1 Å². The molecule has 2 heterocycles. The van der Waals surface area contributed by atoms with Crippen LogP contribution in [0.3, 0.4) is 0 Å². The summed E-state index contributed by atoms with van der Waals surface area (Å²) in [6.07, 6.45) is 0. The van der Waals surface area contributed by atoms with Crippen molar-refractivity contribution in [1.29, 1.82) is 5.41 Å². The summed E-state index contributed by atoms with van der Waals surface area (Å²) in [6, 6.07) is 28.8. The number of para-hydroxylation sites is 3. The number of anilines is 1. The van der Waals surface area contributed by atoms with Gasteiger partial charge in [-0.25, -0.2) is 0 Å². The monoisotopic (exact) mass is 454 g/mol. The molecule has 3 N–H and O–H groups in total. The summed E-state index contributed by atoms with van der Waals surface area (Å²) in [4.78, 5) is 4.61. The number of nitrogens with one attached hydrogen (secondary N) is 1. The van der Waals surface area contributed by atoms with E-state index >= 15 is 0 Å². The second-order valence-electron chi connectivity index (χ2n) is 7.12. The van der Waals surface area contributed by atoms with Gasteiger partial charge in [-0.15, -0.1) is 0 Å². The van der Waals surface area contributed by atoms with Crippen molar-refractivity contribution in [3.05, 3.63) is 106 Å². The lowest BCUT2D eigenvalue weighted by molar-refractivity contribution is 0.831. The van der Waals surface area contributed by atoms with Gasteiger partial charge < -0.3 is 5.73 Å². The highest BCUT2D eigenvalue weighted by Gasteiger charge is 2.18. The van der Waals surface area contributed by atoms with Gasteiger partial charge in [0.25, 0.3) is 0 Å². The maximum Gasteiger partial charge on any atom is 0.230 e. The molecule has 0 spiro atoms. The molecule has 0 amide bonds. The number of aromatic nitrogens is 4. The lowest BCUT2D eigenvalue weighted by atomic mass is 10.2. The molecule has 0 aliphatic carbocycles. The van der Waals surface area contributed by atoms with Gasteiger partial charge in [0, 0.05) is 11.4 Å². The zero-order chi connectivity index (χ0) is 22.2. The number of rotatable bonds is 3. The largest absolute Gasteiger partial charge is 0.384 e. The number of nitrogens with zero attached hydrogens (tertiary/aromatic N) is 4. The van der Waals surface area contributed by atoms with Crippen LogP contribution in [0.5, 0.6) is 0 Å². The minimum atomic E-state index is -0.00728. The average Bonchev–Trinajstić information content (AvgIpc) is 2.81. The molecule has 0 saturated heterocycles. The summed E-state index contributed by atoms with van der Waals surface area (Å²) in [6.45, 7) is 0. The minimum absolute atomic E-state index is 0.00728. The second-order valence-corrected chi connectivity index (χ2v) is 7.87. The predicted molar refractivity (Wildman–Crippen MR) is 132 cm³/mol. The fourth-order valence-electron chi connectivity index (χ4n) is 3.76. The van der Waals surface area contributed by atoms with Crippen LogP contribution < -0.4 is 11.4 Å². The number of benzene rings is 3. The van der Waals surface area contributed by atoms with Gasteiger partial charge in [0.1, 0.15) is 10.5 Å². The van der Waals surface area contributed by atoms with E-state index in [9.17, 15) is 0 Å². The SMILES string of the molecule is N=c1nc2c(c(N)n1-c1ccccc1)c(=S)n(-c1ccccc1)c(=S)n2-c1ccccc1. The van der Waals surface area contributed by atoms with Crippen molar-refractivity contribution in [3.8, 4) is 17.1 Å². The molecule has 32 heavy (non-hydrogen) atoms. The first kappa shape index (κ1) is 20.0. The molecule has 2 aromatic heterocycles. The van der Waals surface area contributed by atoms with Crippen LogP contribution >= 0.6 is 24.4 Å². The van der Waals surface area contributed by atoms with Crippen LogP contribution in [0, 0.1) is 14.8 Å². The van der Waals surface area contributed by atoms with E-state index in [1.807, 2.05) is 100 Å². The highest BCUT2D eigenvalue weighted by atomic mass is 32.1. The van der Waals surface area contributed by atoms with E-state index < -0.39 is 0 Å². The van der Waals surface area contributed by atoms with Crippen molar-refractivity contribution in [2.45, 2.75) is 0 Å². The Morgan fingerprint density at radius 1 is 0.656 bits per heavy atom. The third-order valence-corrected chi connectivity index (χ3v) is 5.95. The molecule has 8 heteroatoms. The summed E-state index contributed by atoms with van der Waals surface area (Å²) < 4.78 is 6.11. The van der Waals surface area contributed by atoms with Gasteiger partial charge in [-0.2, -0.15) is 4.98 Å². The molecule has 0 fully saturated rings. The first-order valence-corrected chi connectivity index (χ1v) is 10.7. The molecule has 5 aromatic rings. The van der Waals surface area contributed by atoms with Crippen LogP contribution in [0.15, 0.2) is 91.0 Å². The molecule has 3 aromatic carbocycles. The Labute approximate surface area is 194 Å². The van der Waals surface area contributed by atoms with Gasteiger partial charge in [-0.3, -0.25) is 19.1 Å². The molecule has 156 valence electrons. The molecular weight excluding hydrogens is 436 g/mol. The first-order chi connectivity index (χ1) is 15.6. The van der Waals surface area contributed by atoms with Crippen molar-refractivity contribution in [3.63, 3.8) is 0 Å². The van der Waals surface area contributed by atoms with Crippen LogP contribution in [0.2, 0.25) is 0 Å². The van der Waals surface area contributed by atoms with Gasteiger partial charge in [-0.05, 0) is 48.6 Å². The molecule has 0 bridgehead atoms. The molecule has 5 rings (SSSR count). The molecule has 0 aliphatic heterocycles. The molecule has 6 nitrogen and oxygen atoms in total. The number of hydrogen-bond donors (Lipinski definition) is 2. The summed E-state index contributed by atoms with van der Waals surface area (Å²) in [5, 5.41) is 9.19. The second kappa shape index (κ2) is 7.99. The molecule has 0 unspecified atom stereocenters. The summed E-state index contributed by atoms with van der Waals surface area (Å²) in [5.41, 5.74) is 9.49. The van der Waals surface area contributed by atoms with Gasteiger partial charge in [-0.1, -0.05) is 66.8 Å². The van der Waals surface area contributed by atoms with Crippen molar-refractivity contribution >= 4 is 41.3 Å². The summed E-state index contributed by atoms with van der Waals surface area (Å²) in [5.74, 6) is 0.334. The number of fused-ring (bicyclic) bond motifs is 1. The van der Waals surface area contributed by atoms with Crippen LogP contribution in [0.4, 0.5) is 5.82 Å². The Balaban J connectivity index is 2.01. The summed E-state index contributed by atoms with van der Waals surface area (Å²) >= 11 is 11.8. The maximum atomic E-state index is 8.63. The fourth-order valence-corrected chi connectivity index (χ4v) is 4.59. The smallest absolute Gasteiger partial charge is 0.230 e. The minimum Gasteiger partial charge on any atom is -0.384 e. The number of hydrogen-bond acceptors (Lipinski definition) is 5. The number of nitrogen functional groups attached to an aromatic ring is 1. The highest BCUT2D eigenvalue weighted by molar-refractivity contribution is 7.72. The van der Waals surface area contributed by atoms with Gasteiger partial charge in [0.15, 0.2) is 10.4 Å². The van der Waals surface area contributed by atoms with Crippen molar-refractivity contribution in [1.82, 2.24) is 18.7 Å². The quantitative estimate of drug-likeness (QED) is 0.371. The Hall–Kier alpha value is -3.88. The van der Waals surface area contributed by atoms with Crippen molar-refractivity contribution < 1.29 is 0 Å². The van der Waals surface area contributed by atoms with Crippen LogP contribution in [0.25, 0.3) is 28.1 Å². The van der Waals surface area contributed by atoms with Gasteiger partial charge >= 0.3 is 0 Å². The zero-order valence-corrected chi connectivity index (χ0v) is 18.5. The summed E-state index contributed by atoms with van der Waals surface area (Å²) in [7, 11) is 0. The average molecular weight is 455 g/mol. The molecule has 0 aliphatic rings. The van der Waals surface area contributed by atoms with E-state index in [0.717, 1.165) is 17.1 Å². The fraction of sp³-hybridized carbons (Fsp3) is 0. The Bertz CT molecular complexity index is 1620. The van der Waals surface area contributed by atoms with Crippen molar-refractivity contribution in [2.24, 2.45) is 0 Å². The molecule has 0 saturated carbocycles. The van der Waals surface area contributed by atoms with Crippen LogP contribution in [-0.2, 0) is 0 Å². The topological polar surface area (TPSA) is 77.6 Å². The third-order valence-electron chi connectivity index (χ3n) is 5.20. The van der Waals surface area contributed by atoms with Crippen molar-refractivity contribution in [2.75, 3.05) is 5.73 Å². The lowest BCUT2D eigenvalue weighted by Crippen LogP contribution is -2.27. The lowest BCUT2D eigenvalue weighted by Gasteiger charge is -2.20. The molecule has 0 radical (unpaired) electrons. The molecule has 0 atom stereocenters.